The summed E-state index contributed by atoms with van der Waals surface area (Å²) in [5.41, 5.74) is -0.136. The quantitative estimate of drug-likeness (QED) is 0.541. The molecule has 1 rings (SSSR count). The van der Waals surface area contributed by atoms with Gasteiger partial charge in [-0.05, 0) is 12.1 Å². The van der Waals surface area contributed by atoms with Gasteiger partial charge in [-0.1, -0.05) is 0 Å². The molecule has 0 heterocycles. The number of carbonyl (C=O) groups excluding carboxylic acids is 1. The van der Waals surface area contributed by atoms with Crippen LogP contribution in [0.1, 0.15) is 15.9 Å². The molecule has 0 aliphatic carbocycles. The van der Waals surface area contributed by atoms with Crippen LogP contribution in [0.3, 0.4) is 0 Å². The van der Waals surface area contributed by atoms with Crippen molar-refractivity contribution in [2.45, 2.75) is 4.90 Å². The lowest BCUT2D eigenvalue weighted by molar-refractivity contribution is 0.0596. The maximum atomic E-state index is 11.2. The number of esters is 1. The average Bonchev–Trinajstić information content (AvgIpc) is 2.19. The minimum atomic E-state index is -0.692. The molecule has 14 heavy (non-hydrogen) atoms. The molecule has 0 fully saturated rings. The van der Waals surface area contributed by atoms with Crippen LogP contribution in [-0.4, -0.2) is 18.2 Å². The molecule has 1 aromatic carbocycles. The molecular weight excluding hydrogens is 202 g/mol. The smallest absolute Gasteiger partial charge is 0.340 e. The Morgan fingerprint density at radius 3 is 2.79 bits per heavy atom. The van der Waals surface area contributed by atoms with Gasteiger partial charge in [0.05, 0.1) is 12.7 Å². The Morgan fingerprint density at radius 2 is 2.29 bits per heavy atom. The van der Waals surface area contributed by atoms with Crippen molar-refractivity contribution < 1.29 is 14.6 Å². The molecule has 1 aromatic rings. The zero-order valence-electron chi connectivity index (χ0n) is 7.31. The first-order chi connectivity index (χ1) is 6.61. The normalized spacial score (nSPS) is 9.21. The SMILES string of the molecule is COC(=O)c1c(S)ccc(O)c1C#N. The number of carbonyl (C=O) groups is 1. The Hall–Kier alpha value is -1.67. The van der Waals surface area contributed by atoms with Crippen molar-refractivity contribution in [3.63, 3.8) is 0 Å². The second-order valence-corrected chi connectivity index (χ2v) is 2.94. The van der Waals surface area contributed by atoms with Gasteiger partial charge >= 0.3 is 5.97 Å². The molecule has 4 nitrogen and oxygen atoms in total. The number of aromatic hydroxyl groups is 1. The molecule has 0 saturated carbocycles. The summed E-state index contributed by atoms with van der Waals surface area (Å²) < 4.78 is 4.46. The molecule has 1 N–H and O–H groups in total. The molecule has 0 aliphatic rings. The van der Waals surface area contributed by atoms with Crippen molar-refractivity contribution in [3.8, 4) is 11.8 Å². The van der Waals surface area contributed by atoms with E-state index in [1.54, 1.807) is 6.07 Å². The molecule has 0 aliphatic heterocycles. The van der Waals surface area contributed by atoms with Crippen molar-refractivity contribution >= 4 is 18.6 Å². The first kappa shape index (κ1) is 10.4. The van der Waals surface area contributed by atoms with Gasteiger partial charge < -0.3 is 9.84 Å². The lowest BCUT2D eigenvalue weighted by Crippen LogP contribution is -2.05. The summed E-state index contributed by atoms with van der Waals surface area (Å²) in [4.78, 5) is 11.5. The van der Waals surface area contributed by atoms with E-state index in [0.717, 1.165) is 0 Å². The van der Waals surface area contributed by atoms with Crippen LogP contribution in [0.5, 0.6) is 5.75 Å². The number of methoxy groups -OCH3 is 1. The predicted molar refractivity (Wildman–Crippen MR) is 51.4 cm³/mol. The van der Waals surface area contributed by atoms with Crippen LogP contribution < -0.4 is 0 Å². The summed E-state index contributed by atoms with van der Waals surface area (Å²) in [6.07, 6.45) is 0. The highest BCUT2D eigenvalue weighted by atomic mass is 32.1. The van der Waals surface area contributed by atoms with E-state index >= 15 is 0 Å². The summed E-state index contributed by atoms with van der Waals surface area (Å²) in [6, 6.07) is 4.44. The van der Waals surface area contributed by atoms with E-state index in [-0.39, 0.29) is 16.9 Å². The largest absolute Gasteiger partial charge is 0.507 e. The maximum absolute atomic E-state index is 11.2. The number of benzene rings is 1. The van der Waals surface area contributed by atoms with Crippen molar-refractivity contribution in [2.75, 3.05) is 7.11 Å². The molecule has 0 spiro atoms. The molecule has 0 radical (unpaired) electrons. The van der Waals surface area contributed by atoms with Crippen LogP contribution in [0, 0.1) is 11.3 Å². The fourth-order valence-electron chi connectivity index (χ4n) is 1.00. The number of nitrogens with zero attached hydrogens (tertiary/aromatic N) is 1. The minimum Gasteiger partial charge on any atom is -0.507 e. The van der Waals surface area contributed by atoms with Gasteiger partial charge in [0.2, 0.25) is 0 Å². The third-order valence-electron chi connectivity index (χ3n) is 1.66. The second-order valence-electron chi connectivity index (χ2n) is 2.46. The Labute approximate surface area is 86.1 Å². The number of rotatable bonds is 1. The van der Waals surface area contributed by atoms with Gasteiger partial charge in [-0.25, -0.2) is 4.79 Å². The Kier molecular flexibility index (Phi) is 2.99. The minimum absolute atomic E-state index is 0.0154. The molecule has 0 bridgehead atoms. The molecule has 0 atom stereocenters. The van der Waals surface area contributed by atoms with E-state index in [1.807, 2.05) is 0 Å². The van der Waals surface area contributed by atoms with Crippen LogP contribution in [0.4, 0.5) is 0 Å². The summed E-state index contributed by atoms with van der Waals surface area (Å²) in [5.74, 6) is -0.951. The van der Waals surface area contributed by atoms with Crippen molar-refractivity contribution in [1.29, 1.82) is 5.26 Å². The van der Waals surface area contributed by atoms with Crippen LogP contribution in [0.2, 0.25) is 0 Å². The van der Waals surface area contributed by atoms with E-state index in [4.69, 9.17) is 5.26 Å². The second kappa shape index (κ2) is 4.03. The zero-order chi connectivity index (χ0) is 10.7. The van der Waals surface area contributed by atoms with Gasteiger partial charge in [-0.15, -0.1) is 12.6 Å². The first-order valence-corrected chi connectivity index (χ1v) is 4.10. The predicted octanol–water partition coefficient (Wildman–Crippen LogP) is 1.34. The topological polar surface area (TPSA) is 70.3 Å². The highest BCUT2D eigenvalue weighted by Crippen LogP contribution is 2.26. The van der Waals surface area contributed by atoms with Crippen molar-refractivity contribution in [3.05, 3.63) is 23.3 Å². The molecule has 72 valence electrons. The van der Waals surface area contributed by atoms with E-state index in [2.05, 4.69) is 17.4 Å². The van der Waals surface area contributed by atoms with E-state index in [9.17, 15) is 9.90 Å². The van der Waals surface area contributed by atoms with Crippen LogP contribution >= 0.6 is 12.6 Å². The number of phenols is 1. The Morgan fingerprint density at radius 1 is 1.64 bits per heavy atom. The summed E-state index contributed by atoms with van der Waals surface area (Å²) in [5, 5.41) is 18.0. The van der Waals surface area contributed by atoms with E-state index in [0.29, 0.717) is 4.90 Å². The van der Waals surface area contributed by atoms with Gasteiger partial charge in [0.1, 0.15) is 17.4 Å². The Balaban J connectivity index is 3.47. The zero-order valence-corrected chi connectivity index (χ0v) is 8.21. The van der Waals surface area contributed by atoms with Crippen LogP contribution in [-0.2, 0) is 4.74 Å². The highest BCUT2D eigenvalue weighted by Gasteiger charge is 2.18. The molecule has 0 aromatic heterocycles. The van der Waals surface area contributed by atoms with Crippen LogP contribution in [0.15, 0.2) is 17.0 Å². The third kappa shape index (κ3) is 1.65. The summed E-state index contributed by atoms with van der Waals surface area (Å²) >= 11 is 4.00. The lowest BCUT2D eigenvalue weighted by Gasteiger charge is -2.05. The maximum Gasteiger partial charge on any atom is 0.340 e. The average molecular weight is 209 g/mol. The fraction of sp³-hybridized carbons (Fsp3) is 0.111. The monoisotopic (exact) mass is 209 g/mol. The highest BCUT2D eigenvalue weighted by molar-refractivity contribution is 7.80. The summed E-state index contributed by atoms with van der Waals surface area (Å²) in [6.45, 7) is 0. The molecule has 0 unspecified atom stereocenters. The first-order valence-electron chi connectivity index (χ1n) is 3.65. The number of hydrogen-bond donors (Lipinski definition) is 2. The van der Waals surface area contributed by atoms with Crippen LogP contribution in [0.25, 0.3) is 0 Å². The van der Waals surface area contributed by atoms with Gasteiger partial charge in [0.15, 0.2) is 0 Å². The molecule has 5 heteroatoms. The number of phenolic OH excluding ortho intramolecular Hbond substituents is 1. The van der Waals surface area contributed by atoms with Gasteiger partial charge in [-0.2, -0.15) is 5.26 Å². The third-order valence-corrected chi connectivity index (χ3v) is 2.04. The van der Waals surface area contributed by atoms with Crippen molar-refractivity contribution in [1.82, 2.24) is 0 Å². The van der Waals surface area contributed by atoms with Gasteiger partial charge in [-0.3, -0.25) is 0 Å². The van der Waals surface area contributed by atoms with Crippen molar-refractivity contribution in [2.24, 2.45) is 0 Å². The van der Waals surface area contributed by atoms with E-state index in [1.165, 1.54) is 19.2 Å². The van der Waals surface area contributed by atoms with Gasteiger partial charge in [0, 0.05) is 4.90 Å². The number of hydrogen-bond acceptors (Lipinski definition) is 5. The lowest BCUT2D eigenvalue weighted by atomic mass is 10.1. The number of ether oxygens (including phenoxy) is 1. The number of thiol groups is 1. The Bertz CT molecular complexity index is 423. The summed E-state index contributed by atoms with van der Waals surface area (Å²) in [7, 11) is 1.20. The molecular formula is C9H7NO3S. The van der Waals surface area contributed by atoms with Gasteiger partial charge in [0.25, 0.3) is 0 Å². The standard InChI is InChI=1S/C9H7NO3S/c1-13-9(12)8-5(4-10)6(11)2-3-7(8)14/h2-3,11,14H,1H3. The molecule has 0 saturated heterocycles. The van der Waals surface area contributed by atoms with E-state index < -0.39 is 5.97 Å². The number of nitriles is 1. The molecule has 0 amide bonds. The fourth-order valence-corrected chi connectivity index (χ4v) is 1.28.